The minimum Gasteiger partial charge on any atom is -0.299 e. The van der Waals surface area contributed by atoms with Crippen LogP contribution in [0.4, 0.5) is 0 Å². The first-order valence-electron chi connectivity index (χ1n) is 6.61. The minimum atomic E-state index is -0.0815. The zero-order valence-corrected chi connectivity index (χ0v) is 11.2. The van der Waals surface area contributed by atoms with Gasteiger partial charge in [0.25, 0.3) is 0 Å². The lowest BCUT2D eigenvalue weighted by Gasteiger charge is -2.41. The molecular formula is C15H22O2. The highest BCUT2D eigenvalue weighted by atomic mass is 16.1. The molecule has 0 aromatic heterocycles. The maximum atomic E-state index is 12.2. The largest absolute Gasteiger partial charge is 0.299 e. The number of Topliss-reactive ketones (excluding diaryl/α,β-unsaturated/α-hetero) is 2. The fraction of sp³-hybridized carbons (Fsp3) is 0.733. The fourth-order valence-corrected chi connectivity index (χ4v) is 3.87. The highest BCUT2D eigenvalue weighted by molar-refractivity contribution is 5.97. The van der Waals surface area contributed by atoms with Crippen molar-refractivity contribution < 1.29 is 9.59 Å². The molecule has 94 valence electrons. The van der Waals surface area contributed by atoms with Gasteiger partial charge in [0.15, 0.2) is 5.78 Å². The van der Waals surface area contributed by atoms with Crippen LogP contribution in [0, 0.1) is 23.2 Å². The molecular weight excluding hydrogens is 212 g/mol. The van der Waals surface area contributed by atoms with Crippen LogP contribution in [0.25, 0.3) is 0 Å². The Morgan fingerprint density at radius 3 is 2.53 bits per heavy atom. The SMILES string of the molecule is CC1=CC[C@]2(CC1=O)[C@@H](C)CC(=O)[C@H]2C(C)C. The normalized spacial score (nSPS) is 38.1. The maximum Gasteiger partial charge on any atom is 0.158 e. The zero-order valence-electron chi connectivity index (χ0n) is 11.2. The Hall–Kier alpha value is -0.920. The second kappa shape index (κ2) is 4.08. The van der Waals surface area contributed by atoms with Gasteiger partial charge in [0, 0.05) is 18.8 Å². The van der Waals surface area contributed by atoms with Crippen LogP contribution in [-0.4, -0.2) is 11.6 Å². The molecule has 0 N–H and O–H groups in total. The van der Waals surface area contributed by atoms with Crippen molar-refractivity contribution in [2.45, 2.75) is 47.0 Å². The van der Waals surface area contributed by atoms with Crippen molar-refractivity contribution in [3.63, 3.8) is 0 Å². The van der Waals surface area contributed by atoms with E-state index >= 15 is 0 Å². The number of allylic oxidation sites excluding steroid dienone is 2. The second-order valence-electron chi connectivity index (χ2n) is 6.22. The molecule has 0 unspecified atom stereocenters. The van der Waals surface area contributed by atoms with Crippen LogP contribution in [0.5, 0.6) is 0 Å². The molecule has 0 saturated heterocycles. The molecule has 0 radical (unpaired) electrons. The van der Waals surface area contributed by atoms with Crippen molar-refractivity contribution in [3.05, 3.63) is 11.6 Å². The van der Waals surface area contributed by atoms with Gasteiger partial charge >= 0.3 is 0 Å². The number of carbonyl (C=O) groups excluding carboxylic acids is 2. The van der Waals surface area contributed by atoms with E-state index in [0.29, 0.717) is 30.5 Å². The Morgan fingerprint density at radius 2 is 2.00 bits per heavy atom. The van der Waals surface area contributed by atoms with Crippen molar-refractivity contribution in [3.8, 4) is 0 Å². The monoisotopic (exact) mass is 234 g/mol. The average Bonchev–Trinajstić information content (AvgIpc) is 2.45. The topological polar surface area (TPSA) is 34.1 Å². The second-order valence-corrected chi connectivity index (χ2v) is 6.22. The molecule has 0 amide bonds. The van der Waals surface area contributed by atoms with Crippen LogP contribution in [0.3, 0.4) is 0 Å². The third-order valence-electron chi connectivity index (χ3n) is 4.84. The Kier molecular flexibility index (Phi) is 3.01. The number of hydrogen-bond acceptors (Lipinski definition) is 2. The summed E-state index contributed by atoms with van der Waals surface area (Å²) in [7, 11) is 0. The molecule has 1 fully saturated rings. The Morgan fingerprint density at radius 1 is 1.35 bits per heavy atom. The van der Waals surface area contributed by atoms with E-state index in [1.54, 1.807) is 0 Å². The van der Waals surface area contributed by atoms with Crippen molar-refractivity contribution >= 4 is 11.6 Å². The summed E-state index contributed by atoms with van der Waals surface area (Å²) in [6.45, 7) is 8.25. The highest BCUT2D eigenvalue weighted by Gasteiger charge is 2.54. The van der Waals surface area contributed by atoms with Gasteiger partial charge < -0.3 is 0 Å². The molecule has 0 aliphatic heterocycles. The van der Waals surface area contributed by atoms with Crippen LogP contribution >= 0.6 is 0 Å². The van der Waals surface area contributed by atoms with Gasteiger partial charge in [-0.25, -0.2) is 0 Å². The molecule has 1 spiro atoms. The molecule has 2 aliphatic rings. The van der Waals surface area contributed by atoms with Crippen molar-refractivity contribution in [2.75, 3.05) is 0 Å². The third kappa shape index (κ3) is 1.78. The molecule has 2 heteroatoms. The average molecular weight is 234 g/mol. The zero-order chi connectivity index (χ0) is 12.8. The number of carbonyl (C=O) groups is 2. The van der Waals surface area contributed by atoms with E-state index in [1.165, 1.54) is 0 Å². The van der Waals surface area contributed by atoms with E-state index in [2.05, 4.69) is 26.8 Å². The van der Waals surface area contributed by atoms with E-state index < -0.39 is 0 Å². The number of hydrogen-bond donors (Lipinski definition) is 0. The summed E-state index contributed by atoms with van der Waals surface area (Å²) < 4.78 is 0. The summed E-state index contributed by atoms with van der Waals surface area (Å²) in [5, 5.41) is 0. The van der Waals surface area contributed by atoms with E-state index in [9.17, 15) is 9.59 Å². The smallest absolute Gasteiger partial charge is 0.158 e. The predicted octanol–water partition coefficient (Wildman–Crippen LogP) is 3.16. The molecule has 2 rings (SSSR count). The van der Waals surface area contributed by atoms with Crippen molar-refractivity contribution in [1.29, 1.82) is 0 Å². The van der Waals surface area contributed by atoms with E-state index in [0.717, 1.165) is 12.0 Å². The fourth-order valence-electron chi connectivity index (χ4n) is 3.87. The van der Waals surface area contributed by atoms with Gasteiger partial charge in [0.1, 0.15) is 5.78 Å². The van der Waals surface area contributed by atoms with Crippen molar-refractivity contribution in [2.24, 2.45) is 23.2 Å². The van der Waals surface area contributed by atoms with Gasteiger partial charge in [0.05, 0.1) is 0 Å². The molecule has 2 nitrogen and oxygen atoms in total. The highest BCUT2D eigenvalue weighted by Crippen LogP contribution is 2.55. The molecule has 0 bridgehead atoms. The predicted molar refractivity (Wildman–Crippen MR) is 67.5 cm³/mol. The van der Waals surface area contributed by atoms with Gasteiger partial charge in [-0.2, -0.15) is 0 Å². The third-order valence-corrected chi connectivity index (χ3v) is 4.84. The lowest BCUT2D eigenvalue weighted by atomic mass is 9.61. The van der Waals surface area contributed by atoms with Crippen LogP contribution in [0.2, 0.25) is 0 Å². The molecule has 0 aromatic carbocycles. The van der Waals surface area contributed by atoms with Gasteiger partial charge in [-0.15, -0.1) is 0 Å². The van der Waals surface area contributed by atoms with Crippen molar-refractivity contribution in [1.82, 2.24) is 0 Å². The Labute approximate surface area is 103 Å². The summed E-state index contributed by atoms with van der Waals surface area (Å²) in [4.78, 5) is 24.2. The van der Waals surface area contributed by atoms with Gasteiger partial charge in [-0.05, 0) is 36.2 Å². The first-order chi connectivity index (χ1) is 7.88. The summed E-state index contributed by atoms with van der Waals surface area (Å²) in [6, 6.07) is 0. The van der Waals surface area contributed by atoms with E-state index in [-0.39, 0.29) is 17.1 Å². The minimum absolute atomic E-state index is 0.0748. The van der Waals surface area contributed by atoms with Crippen LogP contribution < -0.4 is 0 Å². The lowest BCUT2D eigenvalue weighted by molar-refractivity contribution is -0.126. The summed E-state index contributed by atoms with van der Waals surface area (Å²) in [5.74, 6) is 1.37. The number of ketones is 2. The molecule has 3 atom stereocenters. The molecule has 2 aliphatic carbocycles. The first-order valence-corrected chi connectivity index (χ1v) is 6.61. The maximum absolute atomic E-state index is 12.2. The van der Waals surface area contributed by atoms with Crippen LogP contribution in [-0.2, 0) is 9.59 Å². The first kappa shape index (κ1) is 12.5. The van der Waals surface area contributed by atoms with Crippen LogP contribution in [0.1, 0.15) is 47.0 Å². The standard InChI is InChI=1S/C15H22O2/c1-9(2)14-12(16)7-11(4)15(14)6-5-10(3)13(17)8-15/h5,9,11,14H,6-8H2,1-4H3/t11-,14+,15-/m0/s1. The van der Waals surface area contributed by atoms with Crippen LogP contribution in [0.15, 0.2) is 11.6 Å². The Balaban J connectivity index is 2.41. The van der Waals surface area contributed by atoms with E-state index in [1.807, 2.05) is 6.92 Å². The van der Waals surface area contributed by atoms with Gasteiger partial charge in [-0.1, -0.05) is 26.8 Å². The summed E-state index contributed by atoms with van der Waals surface area (Å²) >= 11 is 0. The van der Waals surface area contributed by atoms with Gasteiger partial charge in [0.2, 0.25) is 0 Å². The van der Waals surface area contributed by atoms with Gasteiger partial charge in [-0.3, -0.25) is 9.59 Å². The Bertz CT molecular complexity index is 392. The quantitative estimate of drug-likeness (QED) is 0.698. The summed E-state index contributed by atoms with van der Waals surface area (Å²) in [6.07, 6.45) is 4.19. The molecule has 0 heterocycles. The molecule has 1 saturated carbocycles. The lowest BCUT2D eigenvalue weighted by Crippen LogP contribution is -2.39. The number of rotatable bonds is 1. The van der Waals surface area contributed by atoms with E-state index in [4.69, 9.17) is 0 Å². The molecule has 17 heavy (non-hydrogen) atoms. The molecule has 0 aromatic rings. The summed E-state index contributed by atoms with van der Waals surface area (Å²) in [5.41, 5.74) is 0.798.